The van der Waals surface area contributed by atoms with E-state index in [9.17, 15) is 18.0 Å². The Morgan fingerprint density at radius 3 is 2.39 bits per heavy atom. The number of sulfonamides is 1. The number of carbonyl (C=O) groups excluding carboxylic acids is 1. The molecule has 0 spiro atoms. The number of carboxylic acid groups (broad SMARTS) is 1. The minimum absolute atomic E-state index is 0.0313. The van der Waals surface area contributed by atoms with E-state index in [-0.39, 0.29) is 11.4 Å². The number of rotatable bonds is 12. The van der Waals surface area contributed by atoms with Gasteiger partial charge in [-0.3, -0.25) is 4.79 Å². The summed E-state index contributed by atoms with van der Waals surface area (Å²) in [5.41, 5.74) is 3.38. The molecule has 9 nitrogen and oxygen atoms in total. The molecule has 46 heavy (non-hydrogen) atoms. The molecule has 0 aliphatic rings. The highest BCUT2D eigenvalue weighted by atomic mass is 35.5. The minimum Gasteiger partial charge on any atom is -0.482 e. The number of hydrogen-bond acceptors (Lipinski definition) is 6. The summed E-state index contributed by atoms with van der Waals surface area (Å²) >= 11 is 12.0. The highest BCUT2D eigenvalue weighted by molar-refractivity contribution is 7.89. The second-order valence-corrected chi connectivity index (χ2v) is 12.7. The van der Waals surface area contributed by atoms with E-state index < -0.39 is 35.1 Å². The number of pyridine rings is 1. The number of ether oxygens (including phenoxy) is 1. The van der Waals surface area contributed by atoms with Gasteiger partial charge in [-0.25, -0.2) is 22.9 Å². The summed E-state index contributed by atoms with van der Waals surface area (Å²) in [5.74, 6) is -1.33. The number of fused-ring (bicyclic) bond motifs is 1. The van der Waals surface area contributed by atoms with E-state index in [0.29, 0.717) is 32.7 Å². The van der Waals surface area contributed by atoms with Crippen LogP contribution in [-0.2, 0) is 26.2 Å². The molecule has 0 atom stereocenters. The maximum absolute atomic E-state index is 13.7. The van der Waals surface area contributed by atoms with E-state index in [0.717, 1.165) is 16.5 Å². The van der Waals surface area contributed by atoms with Crippen LogP contribution in [0.3, 0.4) is 0 Å². The van der Waals surface area contributed by atoms with Crippen LogP contribution < -0.4 is 14.4 Å². The minimum atomic E-state index is -4.01. The molecule has 5 rings (SSSR count). The largest absolute Gasteiger partial charge is 0.482 e. The van der Waals surface area contributed by atoms with Gasteiger partial charge in [0.1, 0.15) is 5.75 Å². The lowest BCUT2D eigenvalue weighted by Crippen LogP contribution is -2.40. The SMILES string of the molecule is O=C(O)COc1cccc(CN(C(=O)CNS(=O)(=O)c2ccc(Cl)cc2)c2cccc(C=Cc3ccc4ccc(Cl)cc4n3)c2)c1. The van der Waals surface area contributed by atoms with Gasteiger partial charge in [-0.05, 0) is 83.9 Å². The van der Waals surface area contributed by atoms with Gasteiger partial charge in [-0.2, -0.15) is 0 Å². The van der Waals surface area contributed by atoms with Crippen LogP contribution in [0.15, 0.2) is 108 Å². The number of amides is 1. The topological polar surface area (TPSA) is 126 Å². The number of nitrogens with zero attached hydrogens (tertiary/aromatic N) is 2. The lowest BCUT2D eigenvalue weighted by molar-refractivity contribution is -0.139. The highest BCUT2D eigenvalue weighted by Crippen LogP contribution is 2.24. The monoisotopic (exact) mass is 675 g/mol. The number of aliphatic carboxylic acids is 1. The molecule has 5 aromatic rings. The lowest BCUT2D eigenvalue weighted by Gasteiger charge is -2.24. The Kier molecular flexibility index (Phi) is 10.3. The van der Waals surface area contributed by atoms with Crippen molar-refractivity contribution in [3.63, 3.8) is 0 Å². The highest BCUT2D eigenvalue weighted by Gasteiger charge is 2.21. The number of carbonyl (C=O) groups is 2. The molecule has 0 aliphatic heterocycles. The molecule has 1 heterocycles. The van der Waals surface area contributed by atoms with Gasteiger partial charge in [-0.15, -0.1) is 0 Å². The first-order valence-electron chi connectivity index (χ1n) is 13.9. The molecule has 0 aliphatic carbocycles. The molecular formula is C34H27Cl2N3O6S. The van der Waals surface area contributed by atoms with E-state index in [2.05, 4.69) is 9.71 Å². The molecule has 234 valence electrons. The van der Waals surface area contributed by atoms with Crippen LogP contribution in [0.5, 0.6) is 5.75 Å². The Balaban J connectivity index is 1.41. The summed E-state index contributed by atoms with van der Waals surface area (Å²) < 4.78 is 33.5. The quantitative estimate of drug-likeness (QED) is 0.151. The number of anilines is 1. The van der Waals surface area contributed by atoms with Gasteiger partial charge in [0.05, 0.1) is 29.2 Å². The Morgan fingerprint density at radius 1 is 0.870 bits per heavy atom. The van der Waals surface area contributed by atoms with E-state index >= 15 is 0 Å². The van der Waals surface area contributed by atoms with Crippen molar-refractivity contribution < 1.29 is 27.9 Å². The van der Waals surface area contributed by atoms with Crippen LogP contribution in [0.2, 0.25) is 10.0 Å². The van der Waals surface area contributed by atoms with Crippen LogP contribution in [0.25, 0.3) is 23.1 Å². The van der Waals surface area contributed by atoms with Gasteiger partial charge in [0.15, 0.2) is 6.61 Å². The third-order valence-electron chi connectivity index (χ3n) is 6.74. The third-order valence-corrected chi connectivity index (χ3v) is 8.65. The predicted molar refractivity (Wildman–Crippen MR) is 180 cm³/mol. The van der Waals surface area contributed by atoms with Gasteiger partial charge in [0, 0.05) is 21.1 Å². The van der Waals surface area contributed by atoms with Gasteiger partial charge in [-0.1, -0.05) is 65.7 Å². The van der Waals surface area contributed by atoms with Crippen molar-refractivity contribution in [1.82, 2.24) is 9.71 Å². The Bertz CT molecular complexity index is 2040. The number of carboxylic acids is 1. The fourth-order valence-electron chi connectivity index (χ4n) is 4.51. The fourth-order valence-corrected chi connectivity index (χ4v) is 5.78. The number of halogens is 2. The molecule has 12 heteroatoms. The van der Waals surface area contributed by atoms with Crippen LogP contribution in [-0.4, -0.2) is 43.5 Å². The maximum atomic E-state index is 13.7. The molecule has 1 amide bonds. The molecule has 0 saturated heterocycles. The second-order valence-electron chi connectivity index (χ2n) is 10.1. The molecule has 0 bridgehead atoms. The Morgan fingerprint density at radius 2 is 1.61 bits per heavy atom. The third kappa shape index (κ3) is 8.70. The summed E-state index contributed by atoms with van der Waals surface area (Å²) in [4.78, 5) is 30.7. The average molecular weight is 677 g/mol. The summed E-state index contributed by atoms with van der Waals surface area (Å²) in [5, 5.41) is 10.9. The van der Waals surface area contributed by atoms with Gasteiger partial charge in [0.2, 0.25) is 15.9 Å². The van der Waals surface area contributed by atoms with E-state index in [1.54, 1.807) is 48.5 Å². The van der Waals surface area contributed by atoms with Gasteiger partial charge in [0.25, 0.3) is 0 Å². The van der Waals surface area contributed by atoms with E-state index in [4.69, 9.17) is 33.0 Å². The molecule has 0 radical (unpaired) electrons. The number of aromatic nitrogens is 1. The normalized spacial score (nSPS) is 11.5. The molecule has 0 unspecified atom stereocenters. The van der Waals surface area contributed by atoms with Crippen molar-refractivity contribution in [3.05, 3.63) is 130 Å². The summed E-state index contributed by atoms with van der Waals surface area (Å²) in [6.07, 6.45) is 3.70. The first-order valence-corrected chi connectivity index (χ1v) is 16.1. The zero-order valence-corrected chi connectivity index (χ0v) is 26.5. The summed E-state index contributed by atoms with van der Waals surface area (Å²) in [6.45, 7) is -0.998. The molecule has 4 aromatic carbocycles. The fraction of sp³-hybridized carbons (Fsp3) is 0.0882. The first-order chi connectivity index (χ1) is 22.1. The Labute approximate surface area is 275 Å². The van der Waals surface area contributed by atoms with Crippen LogP contribution >= 0.6 is 23.2 Å². The van der Waals surface area contributed by atoms with Crippen molar-refractivity contribution in [2.45, 2.75) is 11.4 Å². The Hall–Kier alpha value is -4.74. The molecule has 1 aromatic heterocycles. The number of nitrogens with one attached hydrogen (secondary N) is 1. The summed E-state index contributed by atoms with van der Waals surface area (Å²) in [6, 6.07) is 28.8. The van der Waals surface area contributed by atoms with Crippen LogP contribution in [0, 0.1) is 0 Å². The smallest absolute Gasteiger partial charge is 0.341 e. The number of hydrogen-bond donors (Lipinski definition) is 2. The molecule has 2 N–H and O–H groups in total. The van der Waals surface area contributed by atoms with Gasteiger partial charge < -0.3 is 14.7 Å². The predicted octanol–water partition coefficient (Wildman–Crippen LogP) is 6.69. The molecule has 0 fully saturated rings. The van der Waals surface area contributed by atoms with Crippen molar-refractivity contribution in [3.8, 4) is 5.75 Å². The lowest BCUT2D eigenvalue weighted by atomic mass is 10.1. The summed E-state index contributed by atoms with van der Waals surface area (Å²) in [7, 11) is -4.01. The van der Waals surface area contributed by atoms with Crippen molar-refractivity contribution in [2.24, 2.45) is 0 Å². The van der Waals surface area contributed by atoms with Crippen molar-refractivity contribution in [1.29, 1.82) is 0 Å². The molecular weight excluding hydrogens is 649 g/mol. The zero-order chi connectivity index (χ0) is 32.7. The second kappa shape index (κ2) is 14.6. The van der Waals surface area contributed by atoms with Crippen molar-refractivity contribution >= 4 is 73.8 Å². The first kappa shape index (κ1) is 32.6. The van der Waals surface area contributed by atoms with Gasteiger partial charge >= 0.3 is 5.97 Å². The van der Waals surface area contributed by atoms with Crippen molar-refractivity contribution in [2.75, 3.05) is 18.1 Å². The van der Waals surface area contributed by atoms with E-state index in [1.807, 2.05) is 42.5 Å². The molecule has 0 saturated carbocycles. The van der Waals surface area contributed by atoms with E-state index in [1.165, 1.54) is 29.2 Å². The van der Waals surface area contributed by atoms with Crippen LogP contribution in [0.1, 0.15) is 16.8 Å². The standard InChI is InChI=1S/C34H27Cl2N3O6S/c35-26-11-15-31(16-12-26)46(43,44)37-20-33(40)39(21-24-4-2-6-30(18-24)45-22-34(41)42)29-5-1-3-23(17-29)7-13-28-14-9-25-8-10-27(36)19-32(25)38-28/h1-19,37H,20-22H2,(H,41,42). The maximum Gasteiger partial charge on any atom is 0.341 e. The number of benzene rings is 4. The average Bonchev–Trinajstić information content (AvgIpc) is 3.04. The zero-order valence-electron chi connectivity index (χ0n) is 24.1. The van der Waals surface area contributed by atoms with Crippen LogP contribution in [0.4, 0.5) is 5.69 Å².